The number of nitrogens with zero attached hydrogens (tertiary/aromatic N) is 3. The molecule has 0 saturated carbocycles. The van der Waals surface area contributed by atoms with Gasteiger partial charge in [0.25, 0.3) is 0 Å². The number of hydrogen-bond donors (Lipinski definition) is 2. The lowest BCUT2D eigenvalue weighted by Crippen LogP contribution is -2.45. The molecule has 1 aromatic heterocycles. The number of likely N-dealkylation sites (tertiary alicyclic amines) is 1. The summed E-state index contributed by atoms with van der Waals surface area (Å²) >= 11 is 0. The van der Waals surface area contributed by atoms with Gasteiger partial charge in [0.05, 0.1) is 11.4 Å². The first kappa shape index (κ1) is 13.1. The minimum Gasteiger partial charge on any atom is -0.396 e. The molecule has 1 aromatic rings. The van der Waals surface area contributed by atoms with Crippen molar-refractivity contribution in [1.82, 2.24) is 15.1 Å². The van der Waals surface area contributed by atoms with Crippen LogP contribution in [0.15, 0.2) is 6.07 Å². The number of aromatic nitrogens is 2. The molecule has 0 aromatic carbocycles. The third-order valence-electron chi connectivity index (χ3n) is 3.68. The molecule has 18 heavy (non-hydrogen) atoms. The maximum Gasteiger partial charge on any atom is 0.169 e. The molecule has 5 heteroatoms. The van der Waals surface area contributed by atoms with Crippen molar-refractivity contribution in [1.29, 1.82) is 0 Å². The van der Waals surface area contributed by atoms with Gasteiger partial charge in [0.2, 0.25) is 0 Å². The summed E-state index contributed by atoms with van der Waals surface area (Å²) in [6.07, 6.45) is 4.73. The van der Waals surface area contributed by atoms with E-state index < -0.39 is 0 Å². The fourth-order valence-electron chi connectivity index (χ4n) is 2.72. The molecule has 2 heterocycles. The summed E-state index contributed by atoms with van der Waals surface area (Å²) in [6.45, 7) is 5.68. The zero-order valence-corrected chi connectivity index (χ0v) is 11.3. The first-order valence-corrected chi connectivity index (χ1v) is 6.71. The minimum absolute atomic E-state index is 0.322. The normalized spacial score (nSPS) is 21.4. The Hall–Kier alpha value is -1.36. The standard InChI is InChI=1S/C13H23N5/c1-9(2)18-6-4-3-5-11(18)7-10-8-12(14)13(15)17-16-10/h8-9,11H,3-7H2,1-2H3,(H2,14,16)(H2,15,17). The highest BCUT2D eigenvalue weighted by Crippen LogP contribution is 2.23. The Labute approximate surface area is 109 Å². The molecule has 0 aliphatic carbocycles. The summed E-state index contributed by atoms with van der Waals surface area (Å²) in [6, 6.07) is 2.99. The van der Waals surface area contributed by atoms with Gasteiger partial charge in [-0.3, -0.25) is 4.90 Å². The number of anilines is 2. The summed E-state index contributed by atoms with van der Waals surface area (Å²) < 4.78 is 0. The lowest BCUT2D eigenvalue weighted by Gasteiger charge is -2.38. The Morgan fingerprint density at radius 2 is 2.11 bits per heavy atom. The largest absolute Gasteiger partial charge is 0.396 e. The maximum absolute atomic E-state index is 5.78. The van der Waals surface area contributed by atoms with E-state index in [0.29, 0.717) is 23.6 Å². The molecule has 4 N–H and O–H groups in total. The van der Waals surface area contributed by atoms with Gasteiger partial charge in [0.1, 0.15) is 0 Å². The SMILES string of the molecule is CC(C)N1CCCCC1Cc1cc(N)c(N)nn1. The Morgan fingerprint density at radius 1 is 1.33 bits per heavy atom. The molecule has 5 nitrogen and oxygen atoms in total. The Kier molecular flexibility index (Phi) is 4.01. The van der Waals surface area contributed by atoms with Gasteiger partial charge >= 0.3 is 0 Å². The van der Waals surface area contributed by atoms with Gasteiger partial charge in [-0.05, 0) is 39.3 Å². The van der Waals surface area contributed by atoms with Gasteiger partial charge in [-0.2, -0.15) is 5.10 Å². The van der Waals surface area contributed by atoms with Crippen molar-refractivity contribution in [3.63, 3.8) is 0 Å². The Morgan fingerprint density at radius 3 is 2.78 bits per heavy atom. The van der Waals surface area contributed by atoms with Crippen LogP contribution in [0.5, 0.6) is 0 Å². The van der Waals surface area contributed by atoms with Crippen molar-refractivity contribution in [2.45, 2.75) is 51.6 Å². The average Bonchev–Trinajstić information content (AvgIpc) is 2.34. The zero-order valence-electron chi connectivity index (χ0n) is 11.3. The Bertz CT molecular complexity index is 404. The fourth-order valence-corrected chi connectivity index (χ4v) is 2.72. The molecule has 1 atom stereocenters. The molecule has 1 unspecified atom stereocenters. The van der Waals surface area contributed by atoms with Crippen LogP contribution in [0, 0.1) is 0 Å². The van der Waals surface area contributed by atoms with Crippen LogP contribution in [-0.2, 0) is 6.42 Å². The van der Waals surface area contributed by atoms with Crippen LogP contribution in [-0.4, -0.2) is 33.7 Å². The predicted molar refractivity (Wildman–Crippen MR) is 74.0 cm³/mol. The lowest BCUT2D eigenvalue weighted by molar-refractivity contribution is 0.111. The van der Waals surface area contributed by atoms with Gasteiger partial charge < -0.3 is 11.5 Å². The molecule has 1 aliphatic heterocycles. The first-order valence-electron chi connectivity index (χ1n) is 6.71. The molecule has 1 aliphatic rings. The molecular formula is C13H23N5. The number of nitrogens with two attached hydrogens (primary N) is 2. The number of hydrogen-bond acceptors (Lipinski definition) is 5. The number of piperidine rings is 1. The molecular weight excluding hydrogens is 226 g/mol. The highest BCUT2D eigenvalue weighted by molar-refractivity contribution is 5.57. The zero-order chi connectivity index (χ0) is 13.1. The van der Waals surface area contributed by atoms with E-state index in [2.05, 4.69) is 28.9 Å². The van der Waals surface area contributed by atoms with Crippen LogP contribution < -0.4 is 11.5 Å². The van der Waals surface area contributed by atoms with E-state index in [1.807, 2.05) is 6.07 Å². The quantitative estimate of drug-likeness (QED) is 0.847. The van der Waals surface area contributed by atoms with Gasteiger partial charge in [-0.25, -0.2) is 0 Å². The molecule has 2 rings (SSSR count). The van der Waals surface area contributed by atoms with Gasteiger partial charge in [-0.15, -0.1) is 5.10 Å². The summed E-state index contributed by atoms with van der Waals surface area (Å²) in [5, 5.41) is 8.04. The molecule has 0 bridgehead atoms. The van der Waals surface area contributed by atoms with E-state index in [1.54, 1.807) is 0 Å². The summed E-state index contributed by atoms with van der Waals surface area (Å²) in [4.78, 5) is 2.55. The second kappa shape index (κ2) is 5.52. The van der Waals surface area contributed by atoms with E-state index in [-0.39, 0.29) is 0 Å². The summed E-state index contributed by atoms with van der Waals surface area (Å²) in [7, 11) is 0. The van der Waals surface area contributed by atoms with Crippen LogP contribution >= 0.6 is 0 Å². The van der Waals surface area contributed by atoms with Crippen molar-refractivity contribution in [3.05, 3.63) is 11.8 Å². The monoisotopic (exact) mass is 249 g/mol. The third kappa shape index (κ3) is 2.90. The molecule has 1 fully saturated rings. The number of nitrogen functional groups attached to an aromatic ring is 2. The van der Waals surface area contributed by atoms with E-state index in [0.717, 1.165) is 12.1 Å². The van der Waals surface area contributed by atoms with Crippen LogP contribution in [0.1, 0.15) is 38.8 Å². The highest BCUT2D eigenvalue weighted by Gasteiger charge is 2.25. The van der Waals surface area contributed by atoms with Crippen LogP contribution in [0.3, 0.4) is 0 Å². The van der Waals surface area contributed by atoms with Crippen LogP contribution in [0.25, 0.3) is 0 Å². The van der Waals surface area contributed by atoms with Gasteiger partial charge in [0, 0.05) is 18.5 Å². The van der Waals surface area contributed by atoms with Gasteiger partial charge in [0.15, 0.2) is 5.82 Å². The smallest absolute Gasteiger partial charge is 0.169 e. The molecule has 0 amide bonds. The Balaban J connectivity index is 2.08. The van der Waals surface area contributed by atoms with Crippen LogP contribution in [0.4, 0.5) is 11.5 Å². The van der Waals surface area contributed by atoms with E-state index in [1.165, 1.54) is 25.8 Å². The van der Waals surface area contributed by atoms with Crippen molar-refractivity contribution in [2.24, 2.45) is 0 Å². The van der Waals surface area contributed by atoms with Crippen molar-refractivity contribution >= 4 is 11.5 Å². The van der Waals surface area contributed by atoms with Crippen LogP contribution in [0.2, 0.25) is 0 Å². The summed E-state index contributed by atoms with van der Waals surface area (Å²) in [5.74, 6) is 0.322. The second-order valence-corrected chi connectivity index (χ2v) is 5.36. The third-order valence-corrected chi connectivity index (χ3v) is 3.68. The molecule has 0 radical (unpaired) electrons. The van der Waals surface area contributed by atoms with Crippen molar-refractivity contribution in [3.8, 4) is 0 Å². The molecule has 0 spiro atoms. The highest BCUT2D eigenvalue weighted by atomic mass is 15.2. The topological polar surface area (TPSA) is 81.1 Å². The van der Waals surface area contributed by atoms with Crippen molar-refractivity contribution < 1.29 is 0 Å². The average molecular weight is 249 g/mol. The van der Waals surface area contributed by atoms with E-state index in [4.69, 9.17) is 11.5 Å². The maximum atomic E-state index is 5.78. The van der Waals surface area contributed by atoms with Crippen molar-refractivity contribution in [2.75, 3.05) is 18.0 Å². The minimum atomic E-state index is 0.322. The molecule has 1 saturated heterocycles. The van der Waals surface area contributed by atoms with Gasteiger partial charge in [-0.1, -0.05) is 6.42 Å². The van der Waals surface area contributed by atoms with E-state index >= 15 is 0 Å². The first-order chi connectivity index (χ1) is 8.58. The van der Waals surface area contributed by atoms with E-state index in [9.17, 15) is 0 Å². The second-order valence-electron chi connectivity index (χ2n) is 5.36. The lowest BCUT2D eigenvalue weighted by atomic mass is 9.96. The predicted octanol–water partition coefficient (Wildman–Crippen LogP) is 1.45. The molecule has 100 valence electrons. The summed E-state index contributed by atoms with van der Waals surface area (Å²) in [5.41, 5.74) is 12.8. The number of rotatable bonds is 3. The fraction of sp³-hybridized carbons (Fsp3) is 0.692.